The van der Waals surface area contributed by atoms with Crippen LogP contribution in [-0.2, 0) is 4.79 Å². The van der Waals surface area contributed by atoms with Crippen molar-refractivity contribution in [2.45, 2.75) is 12.8 Å². The SMILES string of the molecule is O=C(NCCNC(=O)C1CCN(C(=O)c2ccccc2)CC1)c1ccccc1. The normalized spacial score (nSPS) is 14.4. The average molecular weight is 379 g/mol. The molecule has 3 amide bonds. The number of hydrogen-bond donors (Lipinski definition) is 2. The minimum Gasteiger partial charge on any atom is -0.354 e. The Morgan fingerprint density at radius 2 is 1.32 bits per heavy atom. The van der Waals surface area contributed by atoms with Crippen LogP contribution in [0.5, 0.6) is 0 Å². The van der Waals surface area contributed by atoms with Crippen LogP contribution in [0, 0.1) is 5.92 Å². The van der Waals surface area contributed by atoms with Crippen molar-refractivity contribution in [3.05, 3.63) is 71.8 Å². The summed E-state index contributed by atoms with van der Waals surface area (Å²) in [6.07, 6.45) is 1.31. The van der Waals surface area contributed by atoms with Gasteiger partial charge in [0.1, 0.15) is 0 Å². The Kier molecular flexibility index (Phi) is 6.78. The van der Waals surface area contributed by atoms with Crippen molar-refractivity contribution in [3.63, 3.8) is 0 Å². The molecule has 0 saturated carbocycles. The maximum atomic E-state index is 12.5. The van der Waals surface area contributed by atoms with Crippen LogP contribution in [0.25, 0.3) is 0 Å². The minimum atomic E-state index is -0.150. The number of carbonyl (C=O) groups is 3. The highest BCUT2D eigenvalue weighted by Gasteiger charge is 2.27. The maximum absolute atomic E-state index is 12.5. The molecule has 3 rings (SSSR count). The number of piperidine rings is 1. The van der Waals surface area contributed by atoms with Gasteiger partial charge < -0.3 is 15.5 Å². The van der Waals surface area contributed by atoms with Crippen molar-refractivity contribution < 1.29 is 14.4 Å². The Morgan fingerprint density at radius 3 is 1.93 bits per heavy atom. The molecule has 1 heterocycles. The van der Waals surface area contributed by atoms with Crippen molar-refractivity contribution in [1.82, 2.24) is 15.5 Å². The first kappa shape index (κ1) is 19.6. The summed E-state index contributed by atoms with van der Waals surface area (Å²) in [5.74, 6) is -0.240. The van der Waals surface area contributed by atoms with E-state index in [2.05, 4.69) is 10.6 Å². The highest BCUT2D eigenvalue weighted by molar-refractivity contribution is 5.94. The van der Waals surface area contributed by atoms with Crippen LogP contribution in [0.4, 0.5) is 0 Å². The second-order valence-electron chi connectivity index (χ2n) is 6.85. The first-order valence-electron chi connectivity index (χ1n) is 9.60. The molecule has 6 nitrogen and oxygen atoms in total. The van der Waals surface area contributed by atoms with Crippen LogP contribution in [0.2, 0.25) is 0 Å². The minimum absolute atomic E-state index is 0.0132. The predicted octanol–water partition coefficient (Wildman–Crippen LogP) is 2.08. The van der Waals surface area contributed by atoms with Crippen LogP contribution >= 0.6 is 0 Å². The van der Waals surface area contributed by atoms with Gasteiger partial charge in [-0.2, -0.15) is 0 Å². The lowest BCUT2D eigenvalue weighted by molar-refractivity contribution is -0.126. The Balaban J connectivity index is 1.36. The fourth-order valence-corrected chi connectivity index (χ4v) is 3.31. The van der Waals surface area contributed by atoms with Gasteiger partial charge in [-0.15, -0.1) is 0 Å². The van der Waals surface area contributed by atoms with Gasteiger partial charge in [-0.3, -0.25) is 14.4 Å². The van der Waals surface area contributed by atoms with E-state index in [9.17, 15) is 14.4 Å². The zero-order valence-corrected chi connectivity index (χ0v) is 15.8. The van der Waals surface area contributed by atoms with E-state index in [4.69, 9.17) is 0 Å². The molecule has 0 bridgehead atoms. The molecule has 2 aromatic rings. The van der Waals surface area contributed by atoms with Crippen molar-refractivity contribution in [2.75, 3.05) is 26.2 Å². The van der Waals surface area contributed by atoms with E-state index in [0.29, 0.717) is 50.1 Å². The second-order valence-corrected chi connectivity index (χ2v) is 6.85. The molecule has 2 N–H and O–H groups in total. The van der Waals surface area contributed by atoms with Gasteiger partial charge in [-0.25, -0.2) is 0 Å². The van der Waals surface area contributed by atoms with Gasteiger partial charge in [0, 0.05) is 43.2 Å². The van der Waals surface area contributed by atoms with Crippen LogP contribution in [0.15, 0.2) is 60.7 Å². The van der Waals surface area contributed by atoms with Crippen LogP contribution in [0.1, 0.15) is 33.6 Å². The maximum Gasteiger partial charge on any atom is 0.253 e. The lowest BCUT2D eigenvalue weighted by atomic mass is 9.95. The fourth-order valence-electron chi connectivity index (χ4n) is 3.31. The number of rotatable bonds is 6. The standard InChI is InChI=1S/C22H25N3O3/c26-20(17-7-3-1-4-8-17)23-13-14-24-21(27)18-11-15-25(16-12-18)22(28)19-9-5-2-6-10-19/h1-10,18H,11-16H2,(H,23,26)(H,24,27). The van der Waals surface area contributed by atoms with Gasteiger partial charge in [-0.1, -0.05) is 36.4 Å². The van der Waals surface area contributed by atoms with Gasteiger partial charge in [0.15, 0.2) is 0 Å². The zero-order valence-electron chi connectivity index (χ0n) is 15.8. The predicted molar refractivity (Wildman–Crippen MR) is 107 cm³/mol. The van der Waals surface area contributed by atoms with E-state index in [-0.39, 0.29) is 23.6 Å². The number of nitrogens with one attached hydrogen (secondary N) is 2. The van der Waals surface area contributed by atoms with Crippen molar-refractivity contribution in [3.8, 4) is 0 Å². The summed E-state index contributed by atoms with van der Waals surface area (Å²) in [4.78, 5) is 38.5. The van der Waals surface area contributed by atoms with E-state index >= 15 is 0 Å². The molecule has 1 aliphatic heterocycles. The lowest BCUT2D eigenvalue weighted by Gasteiger charge is -2.31. The van der Waals surface area contributed by atoms with Gasteiger partial charge >= 0.3 is 0 Å². The number of hydrogen-bond acceptors (Lipinski definition) is 3. The molecule has 6 heteroatoms. The van der Waals surface area contributed by atoms with E-state index in [1.165, 1.54) is 0 Å². The zero-order chi connectivity index (χ0) is 19.8. The van der Waals surface area contributed by atoms with Crippen LogP contribution in [0.3, 0.4) is 0 Å². The summed E-state index contributed by atoms with van der Waals surface area (Å²) in [6, 6.07) is 18.2. The Morgan fingerprint density at radius 1 is 0.786 bits per heavy atom. The lowest BCUT2D eigenvalue weighted by Crippen LogP contribution is -2.44. The van der Waals surface area contributed by atoms with Crippen LogP contribution in [-0.4, -0.2) is 48.8 Å². The summed E-state index contributed by atoms with van der Waals surface area (Å²) in [6.45, 7) is 1.93. The molecule has 1 fully saturated rings. The van der Waals surface area contributed by atoms with Gasteiger partial charge in [-0.05, 0) is 37.1 Å². The summed E-state index contributed by atoms with van der Waals surface area (Å²) >= 11 is 0. The summed E-state index contributed by atoms with van der Waals surface area (Å²) in [5, 5.41) is 5.67. The van der Waals surface area contributed by atoms with Crippen molar-refractivity contribution in [1.29, 1.82) is 0 Å². The number of amides is 3. The molecule has 1 aliphatic rings. The monoisotopic (exact) mass is 379 g/mol. The quantitative estimate of drug-likeness (QED) is 0.755. The summed E-state index contributed by atoms with van der Waals surface area (Å²) in [5.41, 5.74) is 1.28. The molecule has 0 aromatic heterocycles. The molecule has 28 heavy (non-hydrogen) atoms. The third-order valence-electron chi connectivity index (χ3n) is 4.92. The molecule has 2 aromatic carbocycles. The molecule has 0 unspecified atom stereocenters. The third kappa shape index (κ3) is 5.19. The molecule has 0 radical (unpaired) electrons. The number of carbonyl (C=O) groups excluding carboxylic acids is 3. The van der Waals surface area contributed by atoms with Crippen molar-refractivity contribution >= 4 is 17.7 Å². The highest BCUT2D eigenvalue weighted by Crippen LogP contribution is 2.19. The first-order chi connectivity index (χ1) is 13.6. The molecule has 0 atom stereocenters. The van der Waals surface area contributed by atoms with Crippen molar-refractivity contribution in [2.24, 2.45) is 5.92 Å². The number of benzene rings is 2. The molecular weight excluding hydrogens is 354 g/mol. The molecule has 0 spiro atoms. The number of likely N-dealkylation sites (tertiary alicyclic amines) is 1. The topological polar surface area (TPSA) is 78.5 Å². The fraction of sp³-hybridized carbons (Fsp3) is 0.318. The van der Waals surface area contributed by atoms with Gasteiger partial charge in [0.25, 0.3) is 11.8 Å². The van der Waals surface area contributed by atoms with E-state index in [1.807, 2.05) is 48.5 Å². The first-order valence-corrected chi connectivity index (χ1v) is 9.60. The Hall–Kier alpha value is -3.15. The molecule has 146 valence electrons. The average Bonchev–Trinajstić information content (AvgIpc) is 2.77. The molecular formula is C22H25N3O3. The summed E-state index contributed by atoms with van der Waals surface area (Å²) in [7, 11) is 0. The van der Waals surface area contributed by atoms with E-state index in [0.717, 1.165) is 0 Å². The molecule has 1 saturated heterocycles. The largest absolute Gasteiger partial charge is 0.354 e. The van der Waals surface area contributed by atoms with Gasteiger partial charge in [0.2, 0.25) is 5.91 Å². The smallest absolute Gasteiger partial charge is 0.253 e. The van der Waals surface area contributed by atoms with E-state index < -0.39 is 0 Å². The Bertz CT molecular complexity index is 800. The van der Waals surface area contributed by atoms with E-state index in [1.54, 1.807) is 17.0 Å². The van der Waals surface area contributed by atoms with Gasteiger partial charge in [0.05, 0.1) is 0 Å². The third-order valence-corrected chi connectivity index (χ3v) is 4.92. The Labute approximate surface area is 164 Å². The number of nitrogens with zero attached hydrogens (tertiary/aromatic N) is 1. The second kappa shape index (κ2) is 9.69. The van der Waals surface area contributed by atoms with Crippen LogP contribution < -0.4 is 10.6 Å². The molecule has 0 aliphatic carbocycles. The summed E-state index contributed by atoms with van der Waals surface area (Å²) < 4.78 is 0. The highest BCUT2D eigenvalue weighted by atomic mass is 16.2.